The van der Waals surface area contributed by atoms with Gasteiger partial charge < -0.3 is 15.0 Å². The van der Waals surface area contributed by atoms with Crippen LogP contribution in [-0.2, 0) is 19.6 Å². The third kappa shape index (κ3) is 4.42. The van der Waals surface area contributed by atoms with Crippen molar-refractivity contribution in [2.24, 2.45) is 5.92 Å². The van der Waals surface area contributed by atoms with Crippen molar-refractivity contribution in [2.75, 3.05) is 37.0 Å². The second-order valence-electron chi connectivity index (χ2n) is 7.74. The first-order valence-electron chi connectivity index (χ1n) is 10.2. The summed E-state index contributed by atoms with van der Waals surface area (Å²) in [5.41, 5.74) is 1.08. The predicted octanol–water partition coefficient (Wildman–Crippen LogP) is 2.47. The molecular formula is C22H25N3O5S. The number of benzene rings is 2. The van der Waals surface area contributed by atoms with Crippen molar-refractivity contribution >= 4 is 33.2 Å². The predicted molar refractivity (Wildman–Crippen MR) is 117 cm³/mol. The highest BCUT2D eigenvalue weighted by atomic mass is 32.2. The lowest BCUT2D eigenvalue weighted by Gasteiger charge is -2.18. The van der Waals surface area contributed by atoms with Crippen LogP contribution >= 0.6 is 0 Å². The van der Waals surface area contributed by atoms with Gasteiger partial charge in [0.15, 0.2) is 0 Å². The molecule has 2 aromatic carbocycles. The van der Waals surface area contributed by atoms with Gasteiger partial charge in [-0.2, -0.15) is 4.31 Å². The summed E-state index contributed by atoms with van der Waals surface area (Å²) in [5, 5.41) is 2.78. The molecule has 1 atom stereocenters. The fourth-order valence-electron chi connectivity index (χ4n) is 3.97. The van der Waals surface area contributed by atoms with Crippen LogP contribution in [0.2, 0.25) is 0 Å². The average molecular weight is 444 g/mol. The van der Waals surface area contributed by atoms with Crippen LogP contribution in [0.3, 0.4) is 0 Å². The largest absolute Gasteiger partial charge is 0.497 e. The summed E-state index contributed by atoms with van der Waals surface area (Å²) in [5.74, 6) is -0.347. The molecule has 2 fully saturated rings. The molecule has 9 heteroatoms. The van der Waals surface area contributed by atoms with Crippen molar-refractivity contribution in [3.8, 4) is 5.75 Å². The molecule has 2 heterocycles. The molecule has 0 bridgehead atoms. The van der Waals surface area contributed by atoms with Crippen LogP contribution in [0.1, 0.15) is 19.3 Å². The highest BCUT2D eigenvalue weighted by molar-refractivity contribution is 7.89. The third-order valence-electron chi connectivity index (χ3n) is 5.67. The topological polar surface area (TPSA) is 96.0 Å². The van der Waals surface area contributed by atoms with E-state index in [9.17, 15) is 18.0 Å². The smallest absolute Gasteiger partial charge is 0.243 e. The molecule has 1 N–H and O–H groups in total. The quantitative estimate of drug-likeness (QED) is 0.740. The van der Waals surface area contributed by atoms with Gasteiger partial charge in [-0.1, -0.05) is 12.1 Å². The van der Waals surface area contributed by atoms with Gasteiger partial charge >= 0.3 is 0 Å². The van der Waals surface area contributed by atoms with Gasteiger partial charge in [-0.3, -0.25) is 9.59 Å². The van der Waals surface area contributed by atoms with Gasteiger partial charge in [-0.05, 0) is 43.2 Å². The lowest BCUT2D eigenvalue weighted by molar-refractivity contribution is -0.122. The number of hydrogen-bond donors (Lipinski definition) is 1. The van der Waals surface area contributed by atoms with Crippen molar-refractivity contribution in [1.82, 2.24) is 4.31 Å². The number of carbonyl (C=O) groups is 2. The SMILES string of the molecule is COc1cccc(N2C[C@@H](C(=O)Nc3cccc(S(=O)(=O)N4CCCC4)c3)CC2=O)c1. The first-order chi connectivity index (χ1) is 14.9. The minimum atomic E-state index is -3.57. The molecule has 8 nitrogen and oxygen atoms in total. The van der Waals surface area contributed by atoms with Crippen LogP contribution in [-0.4, -0.2) is 51.3 Å². The molecule has 2 aliphatic heterocycles. The van der Waals surface area contributed by atoms with E-state index in [0.717, 1.165) is 12.8 Å². The van der Waals surface area contributed by atoms with Crippen LogP contribution in [0.4, 0.5) is 11.4 Å². The van der Waals surface area contributed by atoms with Crippen LogP contribution in [0.25, 0.3) is 0 Å². The Morgan fingerprint density at radius 3 is 2.58 bits per heavy atom. The summed E-state index contributed by atoms with van der Waals surface area (Å²) in [6.07, 6.45) is 1.80. The second kappa shape index (κ2) is 8.68. The van der Waals surface area contributed by atoms with Gasteiger partial charge in [0.25, 0.3) is 0 Å². The molecule has 31 heavy (non-hydrogen) atoms. The Morgan fingerprint density at radius 1 is 1.10 bits per heavy atom. The Bertz CT molecular complexity index is 1100. The number of anilines is 2. The van der Waals surface area contributed by atoms with E-state index in [0.29, 0.717) is 30.2 Å². The summed E-state index contributed by atoms with van der Waals surface area (Å²) in [6, 6.07) is 13.4. The number of hydrogen-bond acceptors (Lipinski definition) is 5. The van der Waals surface area contributed by atoms with Gasteiger partial charge in [-0.25, -0.2) is 8.42 Å². The lowest BCUT2D eigenvalue weighted by Crippen LogP contribution is -2.29. The Labute approximate surface area is 181 Å². The highest BCUT2D eigenvalue weighted by Crippen LogP contribution is 2.29. The monoisotopic (exact) mass is 443 g/mol. The van der Waals surface area contributed by atoms with Gasteiger partial charge in [0.1, 0.15) is 5.75 Å². The molecule has 0 radical (unpaired) electrons. The zero-order valence-corrected chi connectivity index (χ0v) is 18.1. The van der Waals surface area contributed by atoms with Gasteiger partial charge in [0, 0.05) is 43.5 Å². The normalized spacial score (nSPS) is 19.6. The molecule has 4 rings (SSSR count). The molecule has 2 aromatic rings. The number of ether oxygens (including phenoxy) is 1. The van der Waals surface area contributed by atoms with E-state index in [1.54, 1.807) is 48.4 Å². The molecule has 2 aliphatic rings. The Hall–Kier alpha value is -2.91. The summed E-state index contributed by atoms with van der Waals surface area (Å²) < 4.78 is 32.2. The first kappa shape index (κ1) is 21.3. The zero-order chi connectivity index (χ0) is 22.0. The molecule has 2 saturated heterocycles. The first-order valence-corrected chi connectivity index (χ1v) is 11.7. The standard InChI is InChI=1S/C22H25N3O5S/c1-30-19-8-5-7-18(14-19)25-15-16(12-21(25)26)22(27)23-17-6-4-9-20(13-17)31(28,29)24-10-2-3-11-24/h4-9,13-14,16H,2-3,10-12,15H2,1H3,(H,23,27)/t16-/m0/s1. The van der Waals surface area contributed by atoms with Crippen molar-refractivity contribution in [1.29, 1.82) is 0 Å². The molecule has 0 aliphatic carbocycles. The Kier molecular flexibility index (Phi) is 5.97. The van der Waals surface area contributed by atoms with Crippen LogP contribution in [0, 0.1) is 5.92 Å². The Morgan fingerprint density at radius 2 is 1.84 bits per heavy atom. The van der Waals surface area contributed by atoms with E-state index < -0.39 is 15.9 Å². The number of carbonyl (C=O) groups excluding carboxylic acids is 2. The van der Waals surface area contributed by atoms with E-state index in [-0.39, 0.29) is 29.7 Å². The van der Waals surface area contributed by atoms with Crippen molar-refractivity contribution in [2.45, 2.75) is 24.2 Å². The molecule has 0 aromatic heterocycles. The molecule has 2 amide bonds. The zero-order valence-electron chi connectivity index (χ0n) is 17.3. The third-order valence-corrected chi connectivity index (χ3v) is 7.56. The number of nitrogens with zero attached hydrogens (tertiary/aromatic N) is 2. The molecule has 0 unspecified atom stereocenters. The number of rotatable bonds is 6. The van der Waals surface area contributed by atoms with E-state index >= 15 is 0 Å². The lowest BCUT2D eigenvalue weighted by atomic mass is 10.1. The minimum Gasteiger partial charge on any atom is -0.497 e. The maximum Gasteiger partial charge on any atom is 0.243 e. The fraction of sp³-hybridized carbons (Fsp3) is 0.364. The van der Waals surface area contributed by atoms with E-state index in [1.165, 1.54) is 16.4 Å². The van der Waals surface area contributed by atoms with Gasteiger partial charge in [-0.15, -0.1) is 0 Å². The van der Waals surface area contributed by atoms with Crippen LogP contribution < -0.4 is 15.0 Å². The highest BCUT2D eigenvalue weighted by Gasteiger charge is 2.35. The number of methoxy groups -OCH3 is 1. The summed E-state index contributed by atoms with van der Waals surface area (Å²) in [6.45, 7) is 1.29. The van der Waals surface area contributed by atoms with Crippen LogP contribution in [0.5, 0.6) is 5.75 Å². The number of amides is 2. The molecular weight excluding hydrogens is 418 g/mol. The van der Waals surface area contributed by atoms with Gasteiger partial charge in [0.05, 0.1) is 17.9 Å². The molecule has 0 spiro atoms. The van der Waals surface area contributed by atoms with Crippen LogP contribution in [0.15, 0.2) is 53.4 Å². The van der Waals surface area contributed by atoms with E-state index in [2.05, 4.69) is 5.32 Å². The summed E-state index contributed by atoms with van der Waals surface area (Å²) >= 11 is 0. The van der Waals surface area contributed by atoms with Crippen molar-refractivity contribution in [3.63, 3.8) is 0 Å². The maximum atomic E-state index is 12.8. The minimum absolute atomic E-state index is 0.0921. The fourth-order valence-corrected chi connectivity index (χ4v) is 5.53. The molecule has 164 valence electrons. The maximum absolute atomic E-state index is 12.8. The van der Waals surface area contributed by atoms with Crippen molar-refractivity contribution in [3.05, 3.63) is 48.5 Å². The summed E-state index contributed by atoms with van der Waals surface area (Å²) in [7, 11) is -2.01. The van der Waals surface area contributed by atoms with Gasteiger partial charge in [0.2, 0.25) is 21.8 Å². The van der Waals surface area contributed by atoms with Crippen molar-refractivity contribution < 1.29 is 22.7 Å². The second-order valence-corrected chi connectivity index (χ2v) is 9.67. The molecule has 0 saturated carbocycles. The van der Waals surface area contributed by atoms with E-state index in [4.69, 9.17) is 4.74 Å². The Balaban J connectivity index is 1.46. The number of sulfonamides is 1. The average Bonchev–Trinajstić information content (AvgIpc) is 3.44. The number of nitrogens with one attached hydrogen (secondary N) is 1. The summed E-state index contributed by atoms with van der Waals surface area (Å²) in [4.78, 5) is 27.0. The van der Waals surface area contributed by atoms with E-state index in [1.807, 2.05) is 0 Å².